The minimum atomic E-state index is -1.36. The zero-order valence-corrected chi connectivity index (χ0v) is 18.1. The van der Waals surface area contributed by atoms with Crippen molar-refractivity contribution in [2.45, 2.75) is 65.0 Å². The molecular formula is C21H26O11. The van der Waals surface area contributed by atoms with Gasteiger partial charge in [0.2, 0.25) is 12.4 Å². The molecule has 0 spiro atoms. The molecule has 1 N–H and O–H groups in total. The standard InChI is InChI=1S/C21H26O11/c1-11(23)27-10-17-18(28-12(2)24)19(29-13(3)25)20(30-14(4)26)21(32-17)31-16-8-6-5-7-15(16)9-22/h5-8,17-22H,9-10H2,1-4H3/t17-,18+,19+,20-,21?/m1/s1. The second-order valence-electron chi connectivity index (χ2n) is 6.95. The minimum absolute atomic E-state index is 0.218. The summed E-state index contributed by atoms with van der Waals surface area (Å²) >= 11 is 0. The summed E-state index contributed by atoms with van der Waals surface area (Å²) in [5, 5.41) is 9.58. The predicted octanol–water partition coefficient (Wildman–Crippen LogP) is 0.641. The van der Waals surface area contributed by atoms with Crippen LogP contribution < -0.4 is 4.74 Å². The Kier molecular flexibility index (Phi) is 8.97. The molecule has 1 unspecified atom stereocenters. The fourth-order valence-electron chi connectivity index (χ4n) is 3.16. The van der Waals surface area contributed by atoms with E-state index in [1.54, 1.807) is 24.3 Å². The first-order valence-electron chi connectivity index (χ1n) is 9.78. The number of esters is 4. The van der Waals surface area contributed by atoms with Gasteiger partial charge in [-0.25, -0.2) is 0 Å². The van der Waals surface area contributed by atoms with E-state index in [2.05, 4.69) is 0 Å². The van der Waals surface area contributed by atoms with E-state index in [0.29, 0.717) is 5.56 Å². The van der Waals surface area contributed by atoms with Gasteiger partial charge in [-0.15, -0.1) is 0 Å². The van der Waals surface area contributed by atoms with Crippen molar-refractivity contribution in [3.63, 3.8) is 0 Å². The molecule has 0 aliphatic carbocycles. The van der Waals surface area contributed by atoms with Crippen LogP contribution in [0.1, 0.15) is 33.3 Å². The first-order valence-corrected chi connectivity index (χ1v) is 9.78. The molecule has 5 atom stereocenters. The van der Waals surface area contributed by atoms with Crippen LogP contribution in [0.5, 0.6) is 5.75 Å². The summed E-state index contributed by atoms with van der Waals surface area (Å²) < 4.78 is 32.7. The van der Waals surface area contributed by atoms with Gasteiger partial charge in [0.05, 0.1) is 6.61 Å². The molecule has 1 heterocycles. The van der Waals surface area contributed by atoms with Crippen LogP contribution in [0.25, 0.3) is 0 Å². The van der Waals surface area contributed by atoms with Crippen LogP contribution in [-0.2, 0) is 49.5 Å². The number of hydrogen-bond donors (Lipinski definition) is 1. The molecule has 1 aromatic rings. The van der Waals surface area contributed by atoms with Crippen LogP contribution in [0.15, 0.2) is 24.3 Å². The molecule has 0 amide bonds. The molecule has 1 aliphatic rings. The van der Waals surface area contributed by atoms with Gasteiger partial charge in [0.25, 0.3) is 0 Å². The van der Waals surface area contributed by atoms with Crippen molar-refractivity contribution in [3.05, 3.63) is 29.8 Å². The van der Waals surface area contributed by atoms with E-state index in [1.807, 2.05) is 0 Å². The molecule has 1 aliphatic heterocycles. The number of aliphatic hydroxyl groups excluding tert-OH is 1. The summed E-state index contributed by atoms with van der Waals surface area (Å²) in [5.74, 6) is -2.61. The Balaban J connectivity index is 2.48. The van der Waals surface area contributed by atoms with E-state index in [9.17, 15) is 24.3 Å². The zero-order valence-electron chi connectivity index (χ0n) is 18.1. The molecule has 2 rings (SSSR count). The minimum Gasteiger partial charge on any atom is -0.463 e. The lowest BCUT2D eigenvalue weighted by Crippen LogP contribution is -2.63. The number of hydrogen-bond acceptors (Lipinski definition) is 11. The number of carbonyl (C=O) groups excluding carboxylic acids is 4. The summed E-state index contributed by atoms with van der Waals surface area (Å²) in [5.41, 5.74) is 0.417. The lowest BCUT2D eigenvalue weighted by molar-refractivity contribution is -0.288. The Hall–Kier alpha value is -3.18. The molecule has 1 aromatic carbocycles. The average molecular weight is 454 g/mol. The molecule has 11 nitrogen and oxygen atoms in total. The van der Waals surface area contributed by atoms with Crippen molar-refractivity contribution < 1.29 is 52.7 Å². The zero-order chi connectivity index (χ0) is 23.8. The average Bonchev–Trinajstić information content (AvgIpc) is 2.70. The quantitative estimate of drug-likeness (QED) is 0.436. The predicted molar refractivity (Wildman–Crippen MR) is 105 cm³/mol. The summed E-state index contributed by atoms with van der Waals surface area (Å²) in [6.07, 6.45) is -6.43. The third-order valence-corrected chi connectivity index (χ3v) is 4.33. The van der Waals surface area contributed by atoms with Gasteiger partial charge in [0.15, 0.2) is 12.2 Å². The summed E-state index contributed by atoms with van der Waals surface area (Å²) in [7, 11) is 0. The molecule has 32 heavy (non-hydrogen) atoms. The maximum atomic E-state index is 11.8. The van der Waals surface area contributed by atoms with Gasteiger partial charge in [0, 0.05) is 33.3 Å². The lowest BCUT2D eigenvalue weighted by atomic mass is 9.98. The molecule has 176 valence electrons. The SMILES string of the molecule is CC(=O)OC[C@H]1OC(Oc2ccccc2CO)[C@H](OC(C)=O)[C@@H](OC(C)=O)[C@H]1OC(C)=O. The van der Waals surface area contributed by atoms with Crippen LogP contribution in [0.4, 0.5) is 0 Å². The van der Waals surface area contributed by atoms with Gasteiger partial charge in [-0.2, -0.15) is 0 Å². The summed E-state index contributed by atoms with van der Waals surface area (Å²) in [4.78, 5) is 46.7. The number of rotatable bonds is 8. The first kappa shape index (κ1) is 25.1. The van der Waals surface area contributed by atoms with Crippen LogP contribution >= 0.6 is 0 Å². The van der Waals surface area contributed by atoms with Crippen LogP contribution in [0.2, 0.25) is 0 Å². The molecule has 0 aromatic heterocycles. The topological polar surface area (TPSA) is 144 Å². The Morgan fingerprint density at radius 2 is 1.41 bits per heavy atom. The third-order valence-electron chi connectivity index (χ3n) is 4.33. The Morgan fingerprint density at radius 1 is 0.844 bits per heavy atom. The van der Waals surface area contributed by atoms with E-state index in [0.717, 1.165) is 20.8 Å². The van der Waals surface area contributed by atoms with Gasteiger partial charge in [-0.1, -0.05) is 18.2 Å². The Bertz CT molecular complexity index is 837. The van der Waals surface area contributed by atoms with E-state index < -0.39 is 54.6 Å². The molecule has 0 radical (unpaired) electrons. The molecular weight excluding hydrogens is 428 g/mol. The molecule has 1 fully saturated rings. The Labute approximate surface area is 184 Å². The van der Waals surface area contributed by atoms with Crippen molar-refractivity contribution >= 4 is 23.9 Å². The summed E-state index contributed by atoms with van der Waals surface area (Å²) in [6, 6.07) is 6.51. The van der Waals surface area contributed by atoms with Gasteiger partial charge < -0.3 is 33.5 Å². The van der Waals surface area contributed by atoms with Crippen molar-refractivity contribution in [1.29, 1.82) is 0 Å². The van der Waals surface area contributed by atoms with E-state index in [1.165, 1.54) is 6.92 Å². The monoisotopic (exact) mass is 454 g/mol. The van der Waals surface area contributed by atoms with Crippen LogP contribution in [-0.4, -0.2) is 66.3 Å². The fourth-order valence-corrected chi connectivity index (χ4v) is 3.16. The normalized spacial score (nSPS) is 24.7. The van der Waals surface area contributed by atoms with Crippen molar-refractivity contribution in [1.82, 2.24) is 0 Å². The van der Waals surface area contributed by atoms with Gasteiger partial charge in [0.1, 0.15) is 18.5 Å². The lowest BCUT2D eigenvalue weighted by Gasteiger charge is -2.44. The van der Waals surface area contributed by atoms with Gasteiger partial charge in [-0.3, -0.25) is 19.2 Å². The van der Waals surface area contributed by atoms with E-state index in [-0.39, 0.29) is 19.0 Å². The largest absolute Gasteiger partial charge is 0.463 e. The second-order valence-corrected chi connectivity index (χ2v) is 6.95. The van der Waals surface area contributed by atoms with Crippen LogP contribution in [0.3, 0.4) is 0 Å². The van der Waals surface area contributed by atoms with E-state index >= 15 is 0 Å². The number of carbonyl (C=O) groups is 4. The molecule has 0 saturated carbocycles. The number of ether oxygens (including phenoxy) is 6. The second kappa shape index (κ2) is 11.4. The highest BCUT2D eigenvalue weighted by Crippen LogP contribution is 2.32. The molecule has 1 saturated heterocycles. The smallest absolute Gasteiger partial charge is 0.303 e. The highest BCUT2D eigenvalue weighted by Gasteiger charge is 2.53. The van der Waals surface area contributed by atoms with Crippen LogP contribution in [0, 0.1) is 0 Å². The van der Waals surface area contributed by atoms with Crippen molar-refractivity contribution in [2.75, 3.05) is 6.61 Å². The highest BCUT2D eigenvalue weighted by molar-refractivity contribution is 5.68. The van der Waals surface area contributed by atoms with Crippen molar-refractivity contribution in [3.8, 4) is 5.75 Å². The maximum Gasteiger partial charge on any atom is 0.303 e. The fraction of sp³-hybridized carbons (Fsp3) is 0.524. The maximum absolute atomic E-state index is 11.8. The van der Waals surface area contributed by atoms with E-state index in [4.69, 9.17) is 28.4 Å². The summed E-state index contributed by atoms with van der Waals surface area (Å²) in [6.45, 7) is 3.87. The molecule has 0 bridgehead atoms. The Morgan fingerprint density at radius 3 is 1.97 bits per heavy atom. The van der Waals surface area contributed by atoms with Gasteiger partial charge in [-0.05, 0) is 6.07 Å². The molecule has 11 heteroatoms. The van der Waals surface area contributed by atoms with Gasteiger partial charge >= 0.3 is 23.9 Å². The first-order chi connectivity index (χ1) is 15.1. The highest BCUT2D eigenvalue weighted by atomic mass is 16.7. The third kappa shape index (κ3) is 6.92. The number of para-hydroxylation sites is 1. The number of benzene rings is 1. The number of aliphatic hydroxyl groups is 1. The van der Waals surface area contributed by atoms with Crippen molar-refractivity contribution in [2.24, 2.45) is 0 Å².